The number of thiazole rings is 1. The van der Waals surface area contributed by atoms with Gasteiger partial charge in [-0.15, -0.1) is 11.3 Å². The number of halogens is 3. The van der Waals surface area contributed by atoms with Crippen molar-refractivity contribution in [3.05, 3.63) is 16.1 Å². The number of Topliss-reactive ketones (excluding diaryl/α,β-unsaturated/α-hetero) is 1. The lowest BCUT2D eigenvalue weighted by atomic mass is 10.3. The fourth-order valence-corrected chi connectivity index (χ4v) is 1.33. The average Bonchev–Trinajstić information content (AvgIpc) is 2.50. The van der Waals surface area contributed by atoms with Crippen LogP contribution in [0.5, 0.6) is 0 Å². The minimum atomic E-state index is -4.49. The van der Waals surface area contributed by atoms with Crippen LogP contribution in [-0.2, 0) is 6.18 Å². The molecule has 3 nitrogen and oxygen atoms in total. The molecule has 0 saturated heterocycles. The normalized spacial score (nSPS) is 11.7. The summed E-state index contributed by atoms with van der Waals surface area (Å²) >= 11 is 0.388. The monoisotopic (exact) mass is 210 g/mol. The summed E-state index contributed by atoms with van der Waals surface area (Å²) in [5, 5.41) is 0.0298. The molecule has 72 valence electrons. The summed E-state index contributed by atoms with van der Waals surface area (Å²) in [5.74, 6) is -0.591. The van der Waals surface area contributed by atoms with E-state index in [9.17, 15) is 18.0 Å². The Morgan fingerprint density at radius 3 is 2.62 bits per heavy atom. The first-order valence-electron chi connectivity index (χ1n) is 3.21. The summed E-state index contributed by atoms with van der Waals surface area (Å²) in [7, 11) is 0. The van der Waals surface area contributed by atoms with Crippen molar-refractivity contribution < 1.29 is 18.0 Å². The lowest BCUT2D eigenvalue weighted by molar-refractivity contribution is -0.137. The zero-order valence-corrected chi connectivity index (χ0v) is 7.08. The Balaban J connectivity index is 2.93. The number of carbonyl (C=O) groups excluding carboxylic acids is 1. The Morgan fingerprint density at radius 1 is 1.62 bits per heavy atom. The van der Waals surface area contributed by atoms with Crippen LogP contribution in [-0.4, -0.2) is 17.3 Å². The van der Waals surface area contributed by atoms with E-state index in [0.29, 0.717) is 11.3 Å². The van der Waals surface area contributed by atoms with Gasteiger partial charge in [-0.05, 0) is 0 Å². The van der Waals surface area contributed by atoms with Crippen LogP contribution in [0.4, 0.5) is 13.2 Å². The van der Waals surface area contributed by atoms with Crippen LogP contribution < -0.4 is 5.73 Å². The lowest BCUT2D eigenvalue weighted by Gasteiger charge is -1.98. The van der Waals surface area contributed by atoms with Crippen molar-refractivity contribution in [3.8, 4) is 0 Å². The van der Waals surface area contributed by atoms with Crippen molar-refractivity contribution >= 4 is 17.1 Å². The molecular weight excluding hydrogens is 205 g/mol. The number of nitrogens with two attached hydrogens (primary N) is 1. The zero-order valence-electron chi connectivity index (χ0n) is 6.26. The summed E-state index contributed by atoms with van der Waals surface area (Å²) in [6, 6.07) is 0. The van der Waals surface area contributed by atoms with Crippen molar-refractivity contribution in [1.82, 2.24) is 4.98 Å². The maximum Gasteiger partial charge on any atom is 0.443 e. The molecule has 0 spiro atoms. The first-order chi connectivity index (χ1) is 5.95. The third-order valence-electron chi connectivity index (χ3n) is 1.22. The number of hydrogen-bond acceptors (Lipinski definition) is 4. The summed E-state index contributed by atoms with van der Waals surface area (Å²) in [4.78, 5) is 13.9. The second-order valence-corrected chi connectivity index (χ2v) is 3.02. The minimum Gasteiger partial charge on any atom is -0.324 e. The molecule has 1 aromatic heterocycles. The van der Waals surface area contributed by atoms with Crippen molar-refractivity contribution in [2.75, 3.05) is 6.54 Å². The number of alkyl halides is 3. The minimum absolute atomic E-state index is 0.222. The highest BCUT2D eigenvalue weighted by atomic mass is 32.1. The van der Waals surface area contributed by atoms with Crippen molar-refractivity contribution in [2.24, 2.45) is 5.73 Å². The van der Waals surface area contributed by atoms with Gasteiger partial charge in [-0.25, -0.2) is 4.98 Å². The topological polar surface area (TPSA) is 56.0 Å². The van der Waals surface area contributed by atoms with Crippen LogP contribution in [0.2, 0.25) is 0 Å². The second kappa shape index (κ2) is 3.43. The lowest BCUT2D eigenvalue weighted by Crippen LogP contribution is -2.14. The van der Waals surface area contributed by atoms with E-state index in [1.807, 2.05) is 0 Å². The van der Waals surface area contributed by atoms with Gasteiger partial charge in [0.25, 0.3) is 0 Å². The molecule has 0 radical (unpaired) electrons. The highest BCUT2D eigenvalue weighted by Crippen LogP contribution is 2.31. The Labute approximate surface area is 75.4 Å². The molecule has 1 rings (SSSR count). The predicted molar refractivity (Wildman–Crippen MR) is 40.5 cm³/mol. The molecule has 0 aliphatic carbocycles. The maximum absolute atomic E-state index is 12.0. The van der Waals surface area contributed by atoms with Crippen LogP contribution in [0.3, 0.4) is 0 Å². The van der Waals surface area contributed by atoms with Gasteiger partial charge in [0, 0.05) is 5.38 Å². The molecule has 0 saturated carbocycles. The SMILES string of the molecule is NCC(=O)c1csc(C(F)(F)F)n1. The molecule has 13 heavy (non-hydrogen) atoms. The molecule has 0 aliphatic heterocycles. The third-order valence-corrected chi connectivity index (χ3v) is 2.10. The number of rotatable bonds is 2. The van der Waals surface area contributed by atoms with Gasteiger partial charge in [0.1, 0.15) is 5.69 Å². The number of hydrogen-bond donors (Lipinski definition) is 1. The number of nitrogens with zero attached hydrogens (tertiary/aromatic N) is 1. The standard InChI is InChI=1S/C6H5F3N2OS/c7-6(8,9)5-11-3(2-13-5)4(12)1-10/h2H,1,10H2. The Morgan fingerprint density at radius 2 is 2.23 bits per heavy atom. The van der Waals surface area contributed by atoms with E-state index in [1.54, 1.807) is 0 Å². The van der Waals surface area contributed by atoms with Crippen LogP contribution >= 0.6 is 11.3 Å². The largest absolute Gasteiger partial charge is 0.443 e. The Bertz CT molecular complexity index is 320. The quantitative estimate of drug-likeness (QED) is 0.748. The van der Waals surface area contributed by atoms with Crippen molar-refractivity contribution in [2.45, 2.75) is 6.18 Å². The van der Waals surface area contributed by atoms with Gasteiger partial charge in [0.15, 0.2) is 10.8 Å². The first kappa shape index (κ1) is 10.1. The van der Waals surface area contributed by atoms with E-state index in [0.717, 1.165) is 5.38 Å². The molecule has 0 amide bonds. The molecule has 0 atom stereocenters. The molecule has 0 aromatic carbocycles. The summed E-state index contributed by atoms with van der Waals surface area (Å²) in [6.45, 7) is -0.332. The average molecular weight is 210 g/mol. The van der Waals surface area contributed by atoms with Gasteiger partial charge in [0.2, 0.25) is 0 Å². The third kappa shape index (κ3) is 2.25. The van der Waals surface area contributed by atoms with Crippen LogP contribution in [0, 0.1) is 0 Å². The number of carbonyl (C=O) groups is 1. The molecule has 0 unspecified atom stereocenters. The van der Waals surface area contributed by atoms with E-state index >= 15 is 0 Å². The number of aromatic nitrogens is 1. The van der Waals surface area contributed by atoms with Gasteiger partial charge in [-0.2, -0.15) is 13.2 Å². The van der Waals surface area contributed by atoms with E-state index in [-0.39, 0.29) is 12.2 Å². The van der Waals surface area contributed by atoms with Crippen LogP contribution in [0.15, 0.2) is 5.38 Å². The second-order valence-electron chi connectivity index (χ2n) is 2.16. The van der Waals surface area contributed by atoms with Crippen molar-refractivity contribution in [3.63, 3.8) is 0 Å². The fraction of sp³-hybridized carbons (Fsp3) is 0.333. The fourth-order valence-electron chi connectivity index (χ4n) is 0.637. The molecule has 0 fully saturated rings. The molecule has 2 N–H and O–H groups in total. The number of ketones is 1. The molecule has 1 heterocycles. The smallest absolute Gasteiger partial charge is 0.324 e. The highest BCUT2D eigenvalue weighted by Gasteiger charge is 2.34. The van der Waals surface area contributed by atoms with Gasteiger partial charge in [-0.3, -0.25) is 4.79 Å². The zero-order chi connectivity index (χ0) is 10.1. The maximum atomic E-state index is 12.0. The Kier molecular flexibility index (Phi) is 2.67. The molecule has 0 aliphatic rings. The Hall–Kier alpha value is -0.950. The predicted octanol–water partition coefficient (Wildman–Crippen LogP) is 1.30. The van der Waals surface area contributed by atoms with Gasteiger partial charge < -0.3 is 5.73 Å². The van der Waals surface area contributed by atoms with Gasteiger partial charge in [-0.1, -0.05) is 0 Å². The van der Waals surface area contributed by atoms with Crippen LogP contribution in [0.25, 0.3) is 0 Å². The van der Waals surface area contributed by atoms with Crippen molar-refractivity contribution in [1.29, 1.82) is 0 Å². The van der Waals surface area contributed by atoms with E-state index < -0.39 is 17.0 Å². The molecule has 0 bridgehead atoms. The molecular formula is C6H5F3N2OS. The van der Waals surface area contributed by atoms with Gasteiger partial charge in [0.05, 0.1) is 6.54 Å². The van der Waals surface area contributed by atoms with Gasteiger partial charge >= 0.3 is 6.18 Å². The van der Waals surface area contributed by atoms with Crippen LogP contribution in [0.1, 0.15) is 15.5 Å². The summed E-state index contributed by atoms with van der Waals surface area (Å²) in [5.41, 5.74) is 4.73. The first-order valence-corrected chi connectivity index (χ1v) is 4.09. The van der Waals surface area contributed by atoms with E-state index in [1.165, 1.54) is 0 Å². The molecule has 7 heteroatoms. The molecule has 1 aromatic rings. The summed E-state index contributed by atoms with van der Waals surface area (Å²) < 4.78 is 35.9. The van der Waals surface area contributed by atoms with E-state index in [2.05, 4.69) is 4.98 Å². The highest BCUT2D eigenvalue weighted by molar-refractivity contribution is 7.10. The van der Waals surface area contributed by atoms with E-state index in [4.69, 9.17) is 5.73 Å². The summed E-state index contributed by atoms with van der Waals surface area (Å²) in [6.07, 6.45) is -4.49.